The molecule has 0 aliphatic rings. The predicted octanol–water partition coefficient (Wildman–Crippen LogP) is 3.36. The molecule has 0 aliphatic carbocycles. The zero-order valence-corrected chi connectivity index (χ0v) is 13.6. The van der Waals surface area contributed by atoms with E-state index >= 15 is 0 Å². The molecule has 0 radical (unpaired) electrons. The average Bonchev–Trinajstić information content (AvgIpc) is 2.54. The highest BCUT2D eigenvalue weighted by molar-refractivity contribution is 6.01. The minimum Gasteiger partial charge on any atom is -0.487 e. The van der Waals surface area contributed by atoms with Crippen molar-refractivity contribution in [3.05, 3.63) is 53.9 Å². The first-order chi connectivity index (χ1) is 11.8. The fourth-order valence-electron chi connectivity index (χ4n) is 1.79. The number of carboxylic acid groups (broad SMARTS) is 1. The molecule has 0 saturated heterocycles. The number of nitrogens with zero attached hydrogens (tertiary/aromatic N) is 2. The smallest absolute Gasteiger partial charge is 0.487 e. The van der Waals surface area contributed by atoms with Crippen molar-refractivity contribution in [2.24, 2.45) is 5.16 Å². The average molecular weight is 393 g/mol. The molecule has 0 bridgehead atoms. The topological polar surface area (TPSA) is 101 Å². The monoisotopic (exact) mass is 392 g/mol. The number of alkyl halides is 3. The molecule has 0 fully saturated rings. The van der Waals surface area contributed by atoms with Gasteiger partial charge >= 0.3 is 12.3 Å². The lowest BCUT2D eigenvalue weighted by Crippen LogP contribution is -2.17. The number of pyridine rings is 1. The summed E-state index contributed by atoms with van der Waals surface area (Å²) in [5.74, 6) is -1.64. The van der Waals surface area contributed by atoms with Crippen molar-refractivity contribution in [2.75, 3.05) is 6.61 Å². The number of aromatic carboxylic acids is 1. The molecule has 0 atom stereocenters. The summed E-state index contributed by atoms with van der Waals surface area (Å²) >= 11 is 0. The number of hydrogen-bond donors (Lipinski definition) is 2. The molecule has 2 aromatic rings. The molecular formula is C15H12ClF3N2O5. The lowest BCUT2D eigenvalue weighted by molar-refractivity contribution is -0.274. The minimum absolute atomic E-state index is 0. The Morgan fingerprint density at radius 1 is 1.19 bits per heavy atom. The Morgan fingerprint density at radius 3 is 2.50 bits per heavy atom. The van der Waals surface area contributed by atoms with Gasteiger partial charge in [-0.15, -0.1) is 25.6 Å². The predicted molar refractivity (Wildman–Crippen MR) is 85.4 cm³/mol. The van der Waals surface area contributed by atoms with Crippen molar-refractivity contribution in [1.29, 1.82) is 0 Å². The lowest BCUT2D eigenvalue weighted by Gasteiger charge is -2.11. The summed E-state index contributed by atoms with van der Waals surface area (Å²) < 4.78 is 45.6. The Balaban J connectivity index is 0.00000338. The fourth-order valence-corrected chi connectivity index (χ4v) is 1.79. The van der Waals surface area contributed by atoms with Crippen LogP contribution in [0.3, 0.4) is 0 Å². The van der Waals surface area contributed by atoms with E-state index < -0.39 is 18.1 Å². The molecule has 0 saturated carbocycles. The molecule has 7 nitrogen and oxygen atoms in total. The van der Waals surface area contributed by atoms with E-state index in [4.69, 9.17) is 15.1 Å². The second-order valence-electron chi connectivity index (χ2n) is 4.59. The minimum atomic E-state index is -4.84. The molecule has 0 spiro atoms. The SMILES string of the molecule is Cl.O=C(O)c1ccnc(/C(COc2cccc(OC(F)(F)F)c2)=N/O)c1. The second kappa shape index (κ2) is 8.90. The van der Waals surface area contributed by atoms with E-state index in [1.807, 2.05) is 0 Å². The summed E-state index contributed by atoms with van der Waals surface area (Å²) in [5.41, 5.74) is -0.137. The van der Waals surface area contributed by atoms with Crippen LogP contribution in [-0.4, -0.2) is 39.9 Å². The third kappa shape index (κ3) is 6.13. The summed E-state index contributed by atoms with van der Waals surface area (Å²) in [6.45, 7) is -0.359. The summed E-state index contributed by atoms with van der Waals surface area (Å²) in [4.78, 5) is 14.8. The van der Waals surface area contributed by atoms with Gasteiger partial charge in [0, 0.05) is 12.3 Å². The Morgan fingerprint density at radius 2 is 1.88 bits per heavy atom. The van der Waals surface area contributed by atoms with Crippen LogP contribution in [0.1, 0.15) is 16.1 Å². The molecule has 1 aromatic carbocycles. The Kier molecular flexibility index (Phi) is 7.20. The third-order valence-corrected chi connectivity index (χ3v) is 2.84. The largest absolute Gasteiger partial charge is 0.573 e. The molecule has 0 amide bonds. The van der Waals surface area contributed by atoms with Gasteiger partial charge in [-0.3, -0.25) is 4.98 Å². The van der Waals surface area contributed by atoms with Gasteiger partial charge in [-0.1, -0.05) is 11.2 Å². The molecule has 140 valence electrons. The van der Waals surface area contributed by atoms with Gasteiger partial charge in [0.05, 0.1) is 11.3 Å². The maximum Gasteiger partial charge on any atom is 0.573 e. The van der Waals surface area contributed by atoms with Crippen LogP contribution in [0.4, 0.5) is 13.2 Å². The maximum absolute atomic E-state index is 12.2. The van der Waals surface area contributed by atoms with E-state index in [1.54, 1.807) is 0 Å². The number of rotatable bonds is 6. The Labute approximate surface area is 151 Å². The number of oxime groups is 1. The molecule has 11 heteroatoms. The highest BCUT2D eigenvalue weighted by atomic mass is 35.5. The summed E-state index contributed by atoms with van der Waals surface area (Å²) in [5, 5.41) is 20.9. The number of benzene rings is 1. The van der Waals surface area contributed by atoms with Crippen LogP contribution in [0.2, 0.25) is 0 Å². The molecule has 2 N–H and O–H groups in total. The number of hydrogen-bond acceptors (Lipinski definition) is 6. The zero-order valence-electron chi connectivity index (χ0n) is 12.8. The van der Waals surface area contributed by atoms with E-state index in [2.05, 4.69) is 14.9 Å². The molecule has 1 heterocycles. The van der Waals surface area contributed by atoms with Gasteiger partial charge in [0.1, 0.15) is 23.8 Å². The van der Waals surface area contributed by atoms with Crippen molar-refractivity contribution in [2.45, 2.75) is 6.36 Å². The van der Waals surface area contributed by atoms with E-state index in [0.717, 1.165) is 12.1 Å². The number of carboxylic acids is 1. The van der Waals surface area contributed by atoms with Crippen LogP contribution in [0, 0.1) is 0 Å². The van der Waals surface area contributed by atoms with Gasteiger partial charge in [-0.05, 0) is 24.3 Å². The van der Waals surface area contributed by atoms with Gasteiger partial charge < -0.3 is 19.8 Å². The van der Waals surface area contributed by atoms with Crippen molar-refractivity contribution < 1.29 is 37.8 Å². The third-order valence-electron chi connectivity index (χ3n) is 2.84. The number of carbonyl (C=O) groups is 1. The number of ether oxygens (including phenoxy) is 2. The standard InChI is InChI=1S/C15H11F3N2O5.ClH/c16-15(17,18)25-11-3-1-2-10(7-11)24-8-13(20-23)12-6-9(14(21)22)4-5-19-12;/h1-7,23H,8H2,(H,21,22);1H/b20-13+;. The van der Waals surface area contributed by atoms with Crippen LogP contribution >= 0.6 is 12.4 Å². The summed E-state index contributed by atoms with van der Waals surface area (Å²) in [6.07, 6.45) is -3.63. The Hall–Kier alpha value is -3.01. The van der Waals surface area contributed by atoms with Crippen LogP contribution in [0.25, 0.3) is 0 Å². The van der Waals surface area contributed by atoms with Crippen LogP contribution in [0.5, 0.6) is 11.5 Å². The van der Waals surface area contributed by atoms with Crippen LogP contribution in [-0.2, 0) is 0 Å². The van der Waals surface area contributed by atoms with E-state index in [1.165, 1.54) is 30.5 Å². The van der Waals surface area contributed by atoms with Crippen LogP contribution < -0.4 is 9.47 Å². The highest BCUT2D eigenvalue weighted by Crippen LogP contribution is 2.26. The van der Waals surface area contributed by atoms with Gasteiger partial charge in [-0.2, -0.15) is 0 Å². The number of halogens is 4. The molecule has 0 aliphatic heterocycles. The van der Waals surface area contributed by atoms with E-state index in [-0.39, 0.29) is 41.7 Å². The molecule has 0 unspecified atom stereocenters. The van der Waals surface area contributed by atoms with Crippen molar-refractivity contribution in [3.8, 4) is 11.5 Å². The Bertz CT molecular complexity index is 799. The van der Waals surface area contributed by atoms with E-state index in [0.29, 0.717) is 0 Å². The lowest BCUT2D eigenvalue weighted by atomic mass is 10.2. The molecule has 2 rings (SSSR count). The normalized spacial score (nSPS) is 11.4. The van der Waals surface area contributed by atoms with Gasteiger partial charge in [0.25, 0.3) is 0 Å². The van der Waals surface area contributed by atoms with Gasteiger partial charge in [-0.25, -0.2) is 4.79 Å². The first kappa shape index (κ1) is 21.0. The van der Waals surface area contributed by atoms with Crippen LogP contribution in [0.15, 0.2) is 47.8 Å². The fraction of sp³-hybridized carbons (Fsp3) is 0.133. The highest BCUT2D eigenvalue weighted by Gasteiger charge is 2.31. The molecule has 26 heavy (non-hydrogen) atoms. The summed E-state index contributed by atoms with van der Waals surface area (Å²) in [7, 11) is 0. The number of aromatic nitrogens is 1. The molecular weight excluding hydrogens is 381 g/mol. The quantitative estimate of drug-likeness (QED) is 0.444. The molecule has 1 aromatic heterocycles. The second-order valence-corrected chi connectivity index (χ2v) is 4.59. The first-order valence-electron chi connectivity index (χ1n) is 6.68. The van der Waals surface area contributed by atoms with Gasteiger partial charge in [0.15, 0.2) is 0 Å². The van der Waals surface area contributed by atoms with Crippen molar-refractivity contribution in [3.63, 3.8) is 0 Å². The maximum atomic E-state index is 12.2. The first-order valence-corrected chi connectivity index (χ1v) is 6.68. The summed E-state index contributed by atoms with van der Waals surface area (Å²) in [6, 6.07) is 7.18. The van der Waals surface area contributed by atoms with Gasteiger partial charge in [0.2, 0.25) is 0 Å². The van der Waals surface area contributed by atoms with E-state index in [9.17, 15) is 18.0 Å². The van der Waals surface area contributed by atoms with Crippen molar-refractivity contribution >= 4 is 24.1 Å². The van der Waals surface area contributed by atoms with Crippen molar-refractivity contribution in [1.82, 2.24) is 4.98 Å². The zero-order chi connectivity index (χ0) is 18.4.